The third-order valence-electron chi connectivity index (χ3n) is 3.47. The molecule has 1 saturated carbocycles. The lowest BCUT2D eigenvalue weighted by Crippen LogP contribution is -2.36. The molecule has 0 aliphatic heterocycles. The highest BCUT2D eigenvalue weighted by molar-refractivity contribution is 7.90. The van der Waals surface area contributed by atoms with Gasteiger partial charge in [0.2, 0.25) is 10.0 Å². The fraction of sp³-hybridized carbons (Fsp3) is 0.538. The third-order valence-corrected chi connectivity index (χ3v) is 5.26. The van der Waals surface area contributed by atoms with E-state index in [1.807, 2.05) is 18.2 Å². The number of sulfonamides is 1. The van der Waals surface area contributed by atoms with Crippen LogP contribution < -0.4 is 4.72 Å². The molecule has 0 atom stereocenters. The van der Waals surface area contributed by atoms with Crippen LogP contribution in [0.5, 0.6) is 0 Å². The summed E-state index contributed by atoms with van der Waals surface area (Å²) in [5, 5.41) is -0.367. The monoisotopic (exact) mass is 253 g/mol. The summed E-state index contributed by atoms with van der Waals surface area (Å²) in [4.78, 5) is 0. The smallest absolute Gasteiger partial charge is 0.213 e. The molecule has 0 heterocycles. The summed E-state index contributed by atoms with van der Waals surface area (Å²) >= 11 is 0. The molecule has 1 fully saturated rings. The summed E-state index contributed by atoms with van der Waals surface area (Å²) < 4.78 is 26.2. The molecule has 3 nitrogen and oxygen atoms in total. The van der Waals surface area contributed by atoms with E-state index in [0.29, 0.717) is 6.54 Å². The first-order valence-electron chi connectivity index (χ1n) is 6.00. The highest BCUT2D eigenvalue weighted by Crippen LogP contribution is 2.47. The van der Waals surface area contributed by atoms with Crippen molar-refractivity contribution in [2.75, 3.05) is 6.54 Å². The van der Waals surface area contributed by atoms with Crippen LogP contribution >= 0.6 is 0 Å². The van der Waals surface area contributed by atoms with Crippen molar-refractivity contribution in [1.82, 2.24) is 4.72 Å². The number of hydrogen-bond acceptors (Lipinski definition) is 2. The highest BCUT2D eigenvalue weighted by atomic mass is 32.2. The van der Waals surface area contributed by atoms with Gasteiger partial charge in [-0.1, -0.05) is 30.3 Å². The van der Waals surface area contributed by atoms with Gasteiger partial charge in [-0.25, -0.2) is 13.1 Å². The molecule has 0 aromatic heterocycles. The van der Waals surface area contributed by atoms with Gasteiger partial charge in [0.15, 0.2) is 0 Å². The maximum absolute atomic E-state index is 11.7. The van der Waals surface area contributed by atoms with Gasteiger partial charge >= 0.3 is 0 Å². The van der Waals surface area contributed by atoms with Gasteiger partial charge in [0, 0.05) is 12.0 Å². The van der Waals surface area contributed by atoms with Gasteiger partial charge in [0.1, 0.15) is 0 Å². The van der Waals surface area contributed by atoms with E-state index in [1.165, 1.54) is 5.56 Å². The molecule has 0 bridgehead atoms. The van der Waals surface area contributed by atoms with Crippen LogP contribution in [0.4, 0.5) is 0 Å². The van der Waals surface area contributed by atoms with Gasteiger partial charge in [0.05, 0.1) is 5.25 Å². The molecule has 1 aromatic rings. The Bertz CT molecular complexity index is 475. The molecule has 1 N–H and O–H groups in total. The Balaban J connectivity index is 2.06. The highest BCUT2D eigenvalue weighted by Gasteiger charge is 2.44. The van der Waals surface area contributed by atoms with Crippen LogP contribution in [-0.2, 0) is 15.4 Å². The summed E-state index contributed by atoms with van der Waals surface area (Å²) in [5.41, 5.74) is 1.29. The molecule has 0 spiro atoms. The number of benzene rings is 1. The molecule has 0 saturated heterocycles. The van der Waals surface area contributed by atoms with Crippen LogP contribution in [0.25, 0.3) is 0 Å². The van der Waals surface area contributed by atoms with Crippen LogP contribution in [0.2, 0.25) is 0 Å². The lowest BCUT2D eigenvalue weighted by atomic mass is 9.96. The molecule has 2 rings (SSSR count). The second-order valence-corrected chi connectivity index (χ2v) is 7.38. The van der Waals surface area contributed by atoms with E-state index >= 15 is 0 Å². The molecular weight excluding hydrogens is 234 g/mol. The van der Waals surface area contributed by atoms with Crippen LogP contribution in [0, 0.1) is 0 Å². The minimum Gasteiger partial charge on any atom is -0.214 e. The minimum atomic E-state index is -3.15. The van der Waals surface area contributed by atoms with Crippen LogP contribution in [0.1, 0.15) is 32.3 Å². The van der Waals surface area contributed by atoms with Crippen molar-refractivity contribution in [3.8, 4) is 0 Å². The Morgan fingerprint density at radius 3 is 2.29 bits per heavy atom. The van der Waals surface area contributed by atoms with Gasteiger partial charge in [0.25, 0.3) is 0 Å². The zero-order chi connectivity index (χ0) is 12.5. The maximum atomic E-state index is 11.7. The van der Waals surface area contributed by atoms with Crippen LogP contribution in [-0.4, -0.2) is 20.2 Å². The largest absolute Gasteiger partial charge is 0.214 e. The zero-order valence-electron chi connectivity index (χ0n) is 10.3. The van der Waals surface area contributed by atoms with Crippen molar-refractivity contribution in [3.63, 3.8) is 0 Å². The fourth-order valence-electron chi connectivity index (χ4n) is 1.92. The Morgan fingerprint density at radius 1 is 1.24 bits per heavy atom. The standard InChI is InChI=1S/C13H19NO2S/c1-11(2)17(15,16)14-10-13(8-9-13)12-6-4-3-5-7-12/h3-7,11,14H,8-10H2,1-2H3. The number of nitrogens with one attached hydrogen (secondary N) is 1. The second-order valence-electron chi connectivity index (χ2n) is 5.06. The average Bonchev–Trinajstić information content (AvgIpc) is 3.09. The molecular formula is C13H19NO2S. The first kappa shape index (κ1) is 12.6. The van der Waals surface area contributed by atoms with Crippen molar-refractivity contribution in [2.24, 2.45) is 0 Å². The quantitative estimate of drug-likeness (QED) is 0.873. The zero-order valence-corrected chi connectivity index (χ0v) is 11.1. The number of rotatable bonds is 5. The van der Waals surface area contributed by atoms with Crippen molar-refractivity contribution < 1.29 is 8.42 Å². The van der Waals surface area contributed by atoms with Crippen LogP contribution in [0.15, 0.2) is 30.3 Å². The van der Waals surface area contributed by atoms with Crippen molar-refractivity contribution >= 4 is 10.0 Å². The molecule has 0 amide bonds. The van der Waals surface area contributed by atoms with Gasteiger partial charge in [-0.2, -0.15) is 0 Å². The Labute approximate surface area is 103 Å². The third kappa shape index (κ3) is 2.69. The number of hydrogen-bond donors (Lipinski definition) is 1. The van der Waals surface area contributed by atoms with E-state index in [1.54, 1.807) is 13.8 Å². The molecule has 0 radical (unpaired) electrons. The van der Waals surface area contributed by atoms with Crippen LogP contribution in [0.3, 0.4) is 0 Å². The predicted octanol–water partition coefficient (Wildman–Crippen LogP) is 2.05. The summed E-state index contributed by atoms with van der Waals surface area (Å²) in [6.07, 6.45) is 2.13. The normalized spacial score (nSPS) is 18.3. The predicted molar refractivity (Wildman–Crippen MR) is 69.4 cm³/mol. The van der Waals surface area contributed by atoms with E-state index in [4.69, 9.17) is 0 Å². The second kappa shape index (κ2) is 4.42. The summed E-state index contributed by atoms with van der Waals surface area (Å²) in [7, 11) is -3.15. The summed E-state index contributed by atoms with van der Waals surface area (Å²) in [6, 6.07) is 10.2. The average molecular weight is 253 g/mol. The molecule has 4 heteroatoms. The van der Waals surface area contributed by atoms with Crippen molar-refractivity contribution in [3.05, 3.63) is 35.9 Å². The Hall–Kier alpha value is -0.870. The molecule has 17 heavy (non-hydrogen) atoms. The van der Waals surface area contributed by atoms with Gasteiger partial charge < -0.3 is 0 Å². The fourth-order valence-corrected chi connectivity index (χ4v) is 2.73. The van der Waals surface area contributed by atoms with E-state index < -0.39 is 10.0 Å². The Morgan fingerprint density at radius 2 is 1.82 bits per heavy atom. The first-order valence-corrected chi connectivity index (χ1v) is 7.55. The van der Waals surface area contributed by atoms with Crippen molar-refractivity contribution in [1.29, 1.82) is 0 Å². The van der Waals surface area contributed by atoms with E-state index in [2.05, 4.69) is 16.9 Å². The summed E-state index contributed by atoms with van der Waals surface area (Å²) in [6.45, 7) is 3.92. The molecule has 1 aliphatic carbocycles. The van der Waals surface area contributed by atoms with E-state index in [-0.39, 0.29) is 10.7 Å². The van der Waals surface area contributed by atoms with E-state index in [9.17, 15) is 8.42 Å². The molecule has 1 aliphatic rings. The molecule has 1 aromatic carbocycles. The first-order chi connectivity index (χ1) is 7.96. The summed E-state index contributed by atoms with van der Waals surface area (Å²) in [5.74, 6) is 0. The Kier molecular flexibility index (Phi) is 3.27. The molecule has 94 valence electrons. The van der Waals surface area contributed by atoms with E-state index in [0.717, 1.165) is 12.8 Å². The topological polar surface area (TPSA) is 46.2 Å². The van der Waals surface area contributed by atoms with Gasteiger partial charge in [-0.15, -0.1) is 0 Å². The van der Waals surface area contributed by atoms with Crippen molar-refractivity contribution in [2.45, 2.75) is 37.4 Å². The lowest BCUT2D eigenvalue weighted by molar-refractivity contribution is 0.559. The van der Waals surface area contributed by atoms with Gasteiger partial charge in [-0.05, 0) is 32.3 Å². The maximum Gasteiger partial charge on any atom is 0.213 e. The molecule has 0 unspecified atom stereocenters. The van der Waals surface area contributed by atoms with Gasteiger partial charge in [-0.3, -0.25) is 0 Å². The minimum absolute atomic E-state index is 0.0449. The SMILES string of the molecule is CC(C)S(=O)(=O)NCC1(c2ccccc2)CC1. The lowest BCUT2D eigenvalue weighted by Gasteiger charge is -2.17.